The van der Waals surface area contributed by atoms with Crippen LogP contribution in [0, 0.1) is 0 Å². The summed E-state index contributed by atoms with van der Waals surface area (Å²) >= 11 is 0. The number of imide groups is 1. The maximum absolute atomic E-state index is 12.4. The molecule has 0 N–H and O–H groups in total. The topological polar surface area (TPSA) is 56.3 Å². The predicted octanol–water partition coefficient (Wildman–Crippen LogP) is 2.81. The number of anilines is 3. The standard InChI is InChI=1S/C22H26N4O3/c1-3-23-16-21(27)26(22(23)28)19-6-4-17(5-7-19)24-12-14-25(15-13-24)18-8-10-20(29-2)11-9-18/h4-11H,3,12-16H2,1-2H3. The fraction of sp³-hybridized carbons (Fsp3) is 0.364. The molecule has 2 aromatic rings. The Hall–Kier alpha value is -3.22. The number of rotatable bonds is 5. The van der Waals surface area contributed by atoms with E-state index in [4.69, 9.17) is 4.74 Å². The van der Waals surface area contributed by atoms with Gasteiger partial charge in [0.25, 0.3) is 5.91 Å². The van der Waals surface area contributed by atoms with Gasteiger partial charge in [0.15, 0.2) is 0 Å². The highest BCUT2D eigenvalue weighted by Crippen LogP contribution is 2.26. The number of likely N-dealkylation sites (N-methyl/N-ethyl adjacent to an activating group) is 1. The molecule has 2 fully saturated rings. The lowest BCUT2D eigenvalue weighted by atomic mass is 10.2. The van der Waals surface area contributed by atoms with Crippen molar-refractivity contribution in [3.8, 4) is 5.75 Å². The van der Waals surface area contributed by atoms with Gasteiger partial charge in [-0.15, -0.1) is 0 Å². The van der Waals surface area contributed by atoms with E-state index in [2.05, 4.69) is 21.9 Å². The third kappa shape index (κ3) is 3.72. The van der Waals surface area contributed by atoms with Crippen LogP contribution in [0.15, 0.2) is 48.5 Å². The van der Waals surface area contributed by atoms with Crippen molar-refractivity contribution in [3.05, 3.63) is 48.5 Å². The summed E-state index contributed by atoms with van der Waals surface area (Å²) in [6.07, 6.45) is 0. The molecule has 0 atom stereocenters. The zero-order chi connectivity index (χ0) is 20.4. The molecule has 0 saturated carbocycles. The number of carbonyl (C=O) groups is 2. The number of hydrogen-bond acceptors (Lipinski definition) is 5. The lowest BCUT2D eigenvalue weighted by molar-refractivity contribution is -0.116. The van der Waals surface area contributed by atoms with E-state index in [1.165, 1.54) is 10.6 Å². The first-order chi connectivity index (χ1) is 14.1. The maximum atomic E-state index is 12.4. The van der Waals surface area contributed by atoms with Crippen LogP contribution in [0.1, 0.15) is 6.92 Å². The molecule has 29 heavy (non-hydrogen) atoms. The molecular weight excluding hydrogens is 368 g/mol. The minimum Gasteiger partial charge on any atom is -0.497 e. The van der Waals surface area contributed by atoms with E-state index in [0.717, 1.165) is 37.6 Å². The van der Waals surface area contributed by atoms with E-state index in [1.807, 2.05) is 43.3 Å². The van der Waals surface area contributed by atoms with Crippen molar-refractivity contribution < 1.29 is 14.3 Å². The summed E-state index contributed by atoms with van der Waals surface area (Å²) in [5, 5.41) is 0. The number of benzene rings is 2. The summed E-state index contributed by atoms with van der Waals surface area (Å²) in [5.74, 6) is 0.696. The molecule has 0 bridgehead atoms. The number of carbonyl (C=O) groups excluding carboxylic acids is 2. The second-order valence-corrected chi connectivity index (χ2v) is 7.21. The second kappa shape index (κ2) is 8.03. The van der Waals surface area contributed by atoms with Crippen LogP contribution in [-0.2, 0) is 4.79 Å². The van der Waals surface area contributed by atoms with Gasteiger partial charge in [-0.25, -0.2) is 9.69 Å². The van der Waals surface area contributed by atoms with Crippen LogP contribution in [0.3, 0.4) is 0 Å². The lowest BCUT2D eigenvalue weighted by Crippen LogP contribution is -2.46. The van der Waals surface area contributed by atoms with Crippen LogP contribution in [0.2, 0.25) is 0 Å². The summed E-state index contributed by atoms with van der Waals surface area (Å²) in [7, 11) is 1.67. The fourth-order valence-corrected chi connectivity index (χ4v) is 3.88. The Labute approximate surface area is 171 Å². The van der Waals surface area contributed by atoms with Gasteiger partial charge in [0, 0.05) is 44.1 Å². The summed E-state index contributed by atoms with van der Waals surface area (Å²) in [6, 6.07) is 15.6. The summed E-state index contributed by atoms with van der Waals surface area (Å²) in [6.45, 7) is 6.27. The minimum absolute atomic E-state index is 0.157. The van der Waals surface area contributed by atoms with Crippen molar-refractivity contribution in [1.82, 2.24) is 4.90 Å². The van der Waals surface area contributed by atoms with E-state index in [9.17, 15) is 9.59 Å². The van der Waals surface area contributed by atoms with Crippen molar-refractivity contribution in [3.63, 3.8) is 0 Å². The third-order valence-corrected chi connectivity index (χ3v) is 5.61. The quantitative estimate of drug-likeness (QED) is 0.730. The molecule has 152 valence electrons. The number of piperazine rings is 1. The van der Waals surface area contributed by atoms with E-state index in [0.29, 0.717) is 12.2 Å². The molecule has 2 saturated heterocycles. The molecular formula is C22H26N4O3. The molecule has 0 aliphatic carbocycles. The molecule has 0 radical (unpaired) electrons. The van der Waals surface area contributed by atoms with E-state index < -0.39 is 0 Å². The normalized spacial score (nSPS) is 17.3. The summed E-state index contributed by atoms with van der Waals surface area (Å²) in [4.78, 5) is 32.1. The van der Waals surface area contributed by atoms with Crippen LogP contribution in [0.4, 0.5) is 21.9 Å². The van der Waals surface area contributed by atoms with Crippen LogP contribution >= 0.6 is 0 Å². The third-order valence-electron chi connectivity index (χ3n) is 5.61. The van der Waals surface area contributed by atoms with Gasteiger partial charge < -0.3 is 19.4 Å². The molecule has 7 nitrogen and oxygen atoms in total. The van der Waals surface area contributed by atoms with Gasteiger partial charge in [-0.3, -0.25) is 4.79 Å². The Morgan fingerprint density at radius 3 is 1.72 bits per heavy atom. The zero-order valence-electron chi connectivity index (χ0n) is 16.9. The number of ether oxygens (including phenoxy) is 1. The number of hydrogen-bond donors (Lipinski definition) is 0. The monoisotopic (exact) mass is 394 g/mol. The van der Waals surface area contributed by atoms with Gasteiger partial charge >= 0.3 is 6.03 Å². The number of amides is 3. The van der Waals surface area contributed by atoms with Gasteiger partial charge in [0.2, 0.25) is 0 Å². The first kappa shape index (κ1) is 19.1. The smallest absolute Gasteiger partial charge is 0.331 e. The van der Waals surface area contributed by atoms with Gasteiger partial charge in [-0.2, -0.15) is 0 Å². The minimum atomic E-state index is -0.238. The van der Waals surface area contributed by atoms with Gasteiger partial charge in [-0.1, -0.05) is 0 Å². The Bertz CT molecular complexity index is 874. The van der Waals surface area contributed by atoms with E-state index >= 15 is 0 Å². The van der Waals surface area contributed by atoms with Crippen LogP contribution < -0.4 is 19.4 Å². The van der Waals surface area contributed by atoms with Gasteiger partial charge in [0.05, 0.1) is 12.8 Å². The van der Waals surface area contributed by atoms with Gasteiger partial charge in [0.1, 0.15) is 12.3 Å². The maximum Gasteiger partial charge on any atom is 0.331 e. The largest absolute Gasteiger partial charge is 0.497 e. The average Bonchev–Trinajstić information content (AvgIpc) is 3.07. The Morgan fingerprint density at radius 1 is 0.793 bits per heavy atom. The molecule has 7 heteroatoms. The van der Waals surface area contributed by atoms with E-state index in [-0.39, 0.29) is 18.5 Å². The first-order valence-electron chi connectivity index (χ1n) is 9.96. The molecule has 3 amide bonds. The lowest BCUT2D eigenvalue weighted by Gasteiger charge is -2.37. The summed E-state index contributed by atoms with van der Waals surface area (Å²) in [5.41, 5.74) is 2.94. The zero-order valence-corrected chi connectivity index (χ0v) is 16.9. The highest BCUT2D eigenvalue weighted by molar-refractivity contribution is 6.19. The van der Waals surface area contributed by atoms with Crippen molar-refractivity contribution >= 4 is 29.0 Å². The first-order valence-corrected chi connectivity index (χ1v) is 9.96. The average molecular weight is 394 g/mol. The van der Waals surface area contributed by atoms with Gasteiger partial charge in [-0.05, 0) is 55.5 Å². The van der Waals surface area contributed by atoms with E-state index in [1.54, 1.807) is 12.0 Å². The molecule has 2 aliphatic rings. The number of nitrogens with zero attached hydrogens (tertiary/aromatic N) is 4. The molecule has 0 spiro atoms. The Balaban J connectivity index is 1.39. The summed E-state index contributed by atoms with van der Waals surface area (Å²) < 4.78 is 5.23. The SMILES string of the molecule is CCN1CC(=O)N(c2ccc(N3CCN(c4ccc(OC)cc4)CC3)cc2)C1=O. The Kier molecular flexibility index (Phi) is 5.29. The number of methoxy groups -OCH3 is 1. The highest BCUT2D eigenvalue weighted by atomic mass is 16.5. The molecule has 2 aliphatic heterocycles. The van der Waals surface area contributed by atoms with Crippen LogP contribution in [0.5, 0.6) is 5.75 Å². The molecule has 0 aromatic heterocycles. The predicted molar refractivity (Wildman–Crippen MR) is 114 cm³/mol. The Morgan fingerprint density at radius 2 is 1.28 bits per heavy atom. The van der Waals surface area contributed by atoms with Crippen molar-refractivity contribution in [2.75, 3.05) is 61.1 Å². The van der Waals surface area contributed by atoms with Crippen molar-refractivity contribution in [1.29, 1.82) is 0 Å². The highest BCUT2D eigenvalue weighted by Gasteiger charge is 2.36. The molecule has 4 rings (SSSR count). The van der Waals surface area contributed by atoms with Crippen LogP contribution in [-0.4, -0.2) is 63.2 Å². The van der Waals surface area contributed by atoms with Crippen molar-refractivity contribution in [2.45, 2.75) is 6.92 Å². The van der Waals surface area contributed by atoms with Crippen molar-refractivity contribution in [2.24, 2.45) is 0 Å². The molecule has 2 aromatic carbocycles. The second-order valence-electron chi connectivity index (χ2n) is 7.21. The van der Waals surface area contributed by atoms with Crippen LogP contribution in [0.25, 0.3) is 0 Å². The fourth-order valence-electron chi connectivity index (χ4n) is 3.88. The molecule has 2 heterocycles. The number of urea groups is 1. The molecule has 0 unspecified atom stereocenters.